The second kappa shape index (κ2) is 5.36. The zero-order valence-electron chi connectivity index (χ0n) is 7.28. The van der Waals surface area contributed by atoms with E-state index in [4.69, 9.17) is 0 Å². The van der Waals surface area contributed by atoms with Crippen LogP contribution in [-0.4, -0.2) is 17.5 Å². The molecule has 2 heteroatoms. The molecule has 1 heterocycles. The van der Waals surface area contributed by atoms with E-state index >= 15 is 0 Å². The molecule has 66 valence electrons. The van der Waals surface area contributed by atoms with Gasteiger partial charge >= 0.3 is 0 Å². The summed E-state index contributed by atoms with van der Waals surface area (Å²) in [6, 6.07) is 0. The molecule has 11 heavy (non-hydrogen) atoms. The minimum atomic E-state index is 0.929. The molecule has 0 unspecified atom stereocenters. The van der Waals surface area contributed by atoms with Crippen molar-refractivity contribution in [3.05, 3.63) is 0 Å². The molecule has 1 rings (SSSR count). The normalized spacial score (nSPS) is 23.5. The molecule has 0 aliphatic carbocycles. The van der Waals surface area contributed by atoms with Crippen LogP contribution in [0.2, 0.25) is 0 Å². The molecule has 0 radical (unpaired) electrons. The number of alkyl halides is 1. The lowest BCUT2D eigenvalue weighted by molar-refractivity contribution is 0.321. The van der Waals surface area contributed by atoms with Gasteiger partial charge in [-0.15, -0.1) is 0 Å². The fourth-order valence-corrected chi connectivity index (χ4v) is 2.11. The van der Waals surface area contributed by atoms with Crippen LogP contribution in [0.3, 0.4) is 0 Å². The van der Waals surface area contributed by atoms with E-state index in [1.807, 2.05) is 0 Å². The average Bonchev–Trinajstić information content (AvgIpc) is 2.06. The first kappa shape index (κ1) is 9.78. The average molecular weight is 267 g/mol. The van der Waals surface area contributed by atoms with E-state index in [1.54, 1.807) is 0 Å². The van der Waals surface area contributed by atoms with Gasteiger partial charge in [0.25, 0.3) is 0 Å². The summed E-state index contributed by atoms with van der Waals surface area (Å²) >= 11 is 2.49. The lowest BCUT2D eigenvalue weighted by Gasteiger charge is -2.24. The lowest BCUT2D eigenvalue weighted by Crippen LogP contribution is -2.28. The van der Waals surface area contributed by atoms with Crippen LogP contribution in [-0.2, 0) is 0 Å². The summed E-state index contributed by atoms with van der Waals surface area (Å²) in [7, 11) is 0. The molecule has 1 N–H and O–H groups in total. The maximum Gasteiger partial charge on any atom is 0.00211 e. The van der Waals surface area contributed by atoms with Crippen molar-refractivity contribution in [2.75, 3.05) is 17.5 Å². The highest BCUT2D eigenvalue weighted by Crippen LogP contribution is 2.21. The van der Waals surface area contributed by atoms with E-state index in [-0.39, 0.29) is 0 Å². The molecule has 0 spiro atoms. The summed E-state index contributed by atoms with van der Waals surface area (Å²) in [6.45, 7) is 4.87. The van der Waals surface area contributed by atoms with E-state index in [2.05, 4.69) is 34.8 Å². The molecule has 0 amide bonds. The zero-order chi connectivity index (χ0) is 8.10. The molecule has 1 fully saturated rings. The Hall–Kier alpha value is 0.690. The third kappa shape index (κ3) is 3.74. The van der Waals surface area contributed by atoms with Crippen molar-refractivity contribution in [2.24, 2.45) is 11.8 Å². The monoisotopic (exact) mass is 267 g/mol. The molecule has 1 aliphatic heterocycles. The van der Waals surface area contributed by atoms with Crippen molar-refractivity contribution in [3.63, 3.8) is 0 Å². The van der Waals surface area contributed by atoms with Crippen LogP contribution in [0.25, 0.3) is 0 Å². The molecule has 1 aliphatic rings. The Morgan fingerprint density at radius 1 is 1.45 bits per heavy atom. The van der Waals surface area contributed by atoms with Gasteiger partial charge in [-0.05, 0) is 44.2 Å². The van der Waals surface area contributed by atoms with Crippen LogP contribution in [0, 0.1) is 11.8 Å². The number of hydrogen-bond donors (Lipinski definition) is 1. The topological polar surface area (TPSA) is 12.0 Å². The van der Waals surface area contributed by atoms with Crippen molar-refractivity contribution >= 4 is 22.6 Å². The molecular formula is C9H18IN. The number of hydrogen-bond acceptors (Lipinski definition) is 1. The minimum absolute atomic E-state index is 0.929. The minimum Gasteiger partial charge on any atom is -0.317 e. The van der Waals surface area contributed by atoms with Crippen LogP contribution in [0.4, 0.5) is 0 Å². The van der Waals surface area contributed by atoms with Crippen LogP contribution in [0.1, 0.15) is 26.2 Å². The van der Waals surface area contributed by atoms with Gasteiger partial charge in [0.05, 0.1) is 0 Å². The van der Waals surface area contributed by atoms with Gasteiger partial charge in [0.15, 0.2) is 0 Å². The molecule has 0 aromatic heterocycles. The molecule has 1 nitrogen and oxygen atoms in total. The third-order valence-corrected chi connectivity index (χ3v) is 3.96. The summed E-state index contributed by atoms with van der Waals surface area (Å²) in [5.41, 5.74) is 0. The van der Waals surface area contributed by atoms with Gasteiger partial charge in [-0.1, -0.05) is 29.5 Å². The van der Waals surface area contributed by atoms with Gasteiger partial charge in [-0.2, -0.15) is 0 Å². The first-order valence-corrected chi connectivity index (χ1v) is 6.12. The van der Waals surface area contributed by atoms with E-state index in [0.717, 1.165) is 11.8 Å². The van der Waals surface area contributed by atoms with Crippen molar-refractivity contribution in [3.8, 4) is 0 Å². The highest BCUT2D eigenvalue weighted by molar-refractivity contribution is 14.1. The van der Waals surface area contributed by atoms with E-state index in [0.29, 0.717) is 0 Å². The zero-order valence-corrected chi connectivity index (χ0v) is 9.43. The molecule has 0 aromatic carbocycles. The smallest absolute Gasteiger partial charge is 0.00211 e. The first-order valence-electron chi connectivity index (χ1n) is 4.59. The standard InChI is InChI=1S/C9H18IN/c1-8(7-10)6-9-2-4-11-5-3-9/h8-9,11H,2-7H2,1H3/t8-/m1/s1. The van der Waals surface area contributed by atoms with Crippen LogP contribution in [0.5, 0.6) is 0 Å². The van der Waals surface area contributed by atoms with Gasteiger partial charge in [0, 0.05) is 4.43 Å². The summed E-state index contributed by atoms with van der Waals surface area (Å²) in [4.78, 5) is 0. The summed E-state index contributed by atoms with van der Waals surface area (Å²) in [6.07, 6.45) is 4.26. The quantitative estimate of drug-likeness (QED) is 0.611. The number of nitrogens with one attached hydrogen (secondary N) is 1. The fraction of sp³-hybridized carbons (Fsp3) is 1.00. The van der Waals surface area contributed by atoms with Crippen LogP contribution >= 0.6 is 22.6 Å². The largest absolute Gasteiger partial charge is 0.317 e. The van der Waals surface area contributed by atoms with Gasteiger partial charge in [-0.3, -0.25) is 0 Å². The summed E-state index contributed by atoms with van der Waals surface area (Å²) in [5, 5.41) is 3.40. The van der Waals surface area contributed by atoms with Gasteiger partial charge in [-0.25, -0.2) is 0 Å². The Morgan fingerprint density at radius 2 is 2.09 bits per heavy atom. The number of piperidine rings is 1. The predicted molar refractivity (Wildman–Crippen MR) is 58.3 cm³/mol. The molecule has 0 bridgehead atoms. The molecule has 1 saturated heterocycles. The van der Waals surface area contributed by atoms with E-state index < -0.39 is 0 Å². The molecular weight excluding hydrogens is 249 g/mol. The Morgan fingerprint density at radius 3 is 2.64 bits per heavy atom. The van der Waals surface area contributed by atoms with Crippen molar-refractivity contribution in [2.45, 2.75) is 26.2 Å². The van der Waals surface area contributed by atoms with E-state index in [9.17, 15) is 0 Å². The third-order valence-electron chi connectivity index (χ3n) is 2.46. The summed E-state index contributed by atoms with van der Waals surface area (Å²) < 4.78 is 1.32. The Bertz CT molecular complexity index is 99.7. The van der Waals surface area contributed by atoms with Crippen molar-refractivity contribution in [1.82, 2.24) is 5.32 Å². The fourth-order valence-electron chi connectivity index (χ4n) is 1.75. The molecule has 0 saturated carbocycles. The maximum absolute atomic E-state index is 3.40. The second-order valence-electron chi connectivity index (χ2n) is 3.69. The summed E-state index contributed by atoms with van der Waals surface area (Å²) in [5.74, 6) is 1.94. The molecule has 0 aromatic rings. The Labute approximate surface area is 83.5 Å². The van der Waals surface area contributed by atoms with Gasteiger partial charge < -0.3 is 5.32 Å². The second-order valence-corrected chi connectivity index (χ2v) is 4.57. The van der Waals surface area contributed by atoms with E-state index in [1.165, 1.54) is 36.8 Å². The number of rotatable bonds is 3. The van der Waals surface area contributed by atoms with Crippen LogP contribution in [0.15, 0.2) is 0 Å². The van der Waals surface area contributed by atoms with Crippen LogP contribution < -0.4 is 5.32 Å². The first-order chi connectivity index (χ1) is 5.33. The Balaban J connectivity index is 2.13. The highest BCUT2D eigenvalue weighted by atomic mass is 127. The van der Waals surface area contributed by atoms with Crippen molar-refractivity contribution < 1.29 is 0 Å². The highest BCUT2D eigenvalue weighted by Gasteiger charge is 2.14. The number of halogens is 1. The van der Waals surface area contributed by atoms with Gasteiger partial charge in [0.2, 0.25) is 0 Å². The predicted octanol–water partition coefficient (Wildman–Crippen LogP) is 2.45. The lowest BCUT2D eigenvalue weighted by atomic mass is 9.89. The SMILES string of the molecule is C[C@@H](CI)CC1CCNCC1. The Kier molecular flexibility index (Phi) is 4.76. The maximum atomic E-state index is 3.40. The van der Waals surface area contributed by atoms with Crippen molar-refractivity contribution in [1.29, 1.82) is 0 Å². The van der Waals surface area contributed by atoms with Gasteiger partial charge in [0.1, 0.15) is 0 Å². The molecule has 1 atom stereocenters.